The fraction of sp³-hybridized carbons (Fsp3) is 0.875. The monoisotopic (exact) mass is 331 g/mol. The van der Waals surface area contributed by atoms with Crippen molar-refractivity contribution in [2.24, 2.45) is 11.3 Å². The number of halogens is 1. The van der Waals surface area contributed by atoms with Gasteiger partial charge >= 0.3 is 0 Å². The van der Waals surface area contributed by atoms with E-state index in [0.29, 0.717) is 38.5 Å². The van der Waals surface area contributed by atoms with Crippen LogP contribution in [0.25, 0.3) is 0 Å². The fourth-order valence-corrected chi connectivity index (χ4v) is 3.08. The summed E-state index contributed by atoms with van der Waals surface area (Å²) >= 11 is 0. The molecule has 0 aromatic rings. The molecular weight excluding hydrogens is 302 g/mol. The Labute approximate surface area is 140 Å². The van der Waals surface area contributed by atoms with Crippen molar-refractivity contribution < 1.29 is 9.59 Å². The molecule has 1 unspecified atom stereocenters. The summed E-state index contributed by atoms with van der Waals surface area (Å²) < 4.78 is 0. The molecule has 2 fully saturated rings. The molecule has 0 spiro atoms. The topological polar surface area (TPSA) is 52.7 Å². The molecule has 0 aromatic carbocycles. The average molecular weight is 332 g/mol. The zero-order valence-electron chi connectivity index (χ0n) is 14.1. The lowest BCUT2D eigenvalue weighted by atomic mass is 9.94. The van der Waals surface area contributed by atoms with E-state index >= 15 is 0 Å². The van der Waals surface area contributed by atoms with Crippen LogP contribution in [0, 0.1) is 11.3 Å². The lowest BCUT2D eigenvalue weighted by Crippen LogP contribution is -2.53. The molecule has 2 heterocycles. The van der Waals surface area contributed by atoms with Crippen LogP contribution in [0.5, 0.6) is 0 Å². The molecule has 2 aliphatic rings. The molecular formula is C16H30ClN3O2. The predicted octanol–water partition coefficient (Wildman–Crippen LogP) is 1.51. The SMILES string of the molecule is CC(C)(C)C(=O)N1CCN(C(=O)CCC2CCNC2)CC1.Cl. The van der Waals surface area contributed by atoms with Gasteiger partial charge in [-0.25, -0.2) is 0 Å². The second kappa shape index (κ2) is 8.16. The van der Waals surface area contributed by atoms with Crippen LogP contribution >= 0.6 is 12.4 Å². The van der Waals surface area contributed by atoms with Gasteiger partial charge in [0.15, 0.2) is 0 Å². The number of nitrogens with one attached hydrogen (secondary N) is 1. The van der Waals surface area contributed by atoms with Crippen LogP contribution < -0.4 is 5.32 Å². The van der Waals surface area contributed by atoms with Gasteiger partial charge in [0.2, 0.25) is 11.8 Å². The Hall–Kier alpha value is -0.810. The highest BCUT2D eigenvalue weighted by Gasteiger charge is 2.30. The number of piperazine rings is 1. The first-order chi connectivity index (χ1) is 9.88. The van der Waals surface area contributed by atoms with E-state index in [9.17, 15) is 9.59 Å². The van der Waals surface area contributed by atoms with Gasteiger partial charge in [-0.15, -0.1) is 12.4 Å². The van der Waals surface area contributed by atoms with Crippen LogP contribution in [0.1, 0.15) is 40.0 Å². The molecule has 2 amide bonds. The van der Waals surface area contributed by atoms with Crippen LogP contribution in [0.2, 0.25) is 0 Å². The van der Waals surface area contributed by atoms with E-state index in [1.807, 2.05) is 30.6 Å². The molecule has 2 aliphatic heterocycles. The Morgan fingerprint density at radius 2 is 1.68 bits per heavy atom. The number of hydrogen-bond donors (Lipinski definition) is 1. The Morgan fingerprint density at radius 3 is 2.18 bits per heavy atom. The summed E-state index contributed by atoms with van der Waals surface area (Å²) in [5, 5.41) is 3.34. The van der Waals surface area contributed by atoms with Crippen molar-refractivity contribution in [3.63, 3.8) is 0 Å². The van der Waals surface area contributed by atoms with Gasteiger partial charge in [0, 0.05) is 38.0 Å². The minimum absolute atomic E-state index is 0. The second-order valence-corrected chi connectivity index (χ2v) is 7.32. The summed E-state index contributed by atoms with van der Waals surface area (Å²) in [6.45, 7) is 10.7. The largest absolute Gasteiger partial charge is 0.339 e. The van der Waals surface area contributed by atoms with E-state index in [0.717, 1.165) is 19.5 Å². The summed E-state index contributed by atoms with van der Waals surface area (Å²) in [6, 6.07) is 0. The summed E-state index contributed by atoms with van der Waals surface area (Å²) in [6.07, 6.45) is 2.84. The minimum Gasteiger partial charge on any atom is -0.339 e. The summed E-state index contributed by atoms with van der Waals surface area (Å²) in [4.78, 5) is 28.3. The van der Waals surface area contributed by atoms with Crippen LogP contribution in [0.4, 0.5) is 0 Å². The Morgan fingerprint density at radius 1 is 1.09 bits per heavy atom. The van der Waals surface area contributed by atoms with E-state index in [2.05, 4.69) is 5.32 Å². The summed E-state index contributed by atoms with van der Waals surface area (Å²) in [5.74, 6) is 1.11. The van der Waals surface area contributed by atoms with Crippen LogP contribution in [-0.4, -0.2) is 60.9 Å². The molecule has 2 rings (SSSR count). The Balaban J connectivity index is 0.00000242. The van der Waals surface area contributed by atoms with Gasteiger partial charge in [-0.2, -0.15) is 0 Å². The van der Waals surface area contributed by atoms with Crippen LogP contribution in [0.15, 0.2) is 0 Å². The highest BCUT2D eigenvalue weighted by atomic mass is 35.5. The van der Waals surface area contributed by atoms with Crippen molar-refractivity contribution in [3.8, 4) is 0 Å². The molecule has 0 aromatic heterocycles. The van der Waals surface area contributed by atoms with Crippen LogP contribution in [-0.2, 0) is 9.59 Å². The molecule has 1 atom stereocenters. The molecule has 2 saturated heterocycles. The summed E-state index contributed by atoms with van der Waals surface area (Å²) in [5.41, 5.74) is -0.332. The normalized spacial score (nSPS) is 22.4. The average Bonchev–Trinajstić information content (AvgIpc) is 2.96. The number of carbonyl (C=O) groups excluding carboxylic acids is 2. The number of amides is 2. The maximum atomic E-state index is 12.2. The van der Waals surface area contributed by atoms with Crippen molar-refractivity contribution in [1.82, 2.24) is 15.1 Å². The van der Waals surface area contributed by atoms with Gasteiger partial charge in [-0.05, 0) is 31.8 Å². The molecule has 0 aliphatic carbocycles. The standard InChI is InChI=1S/C16H29N3O2.ClH/c1-16(2,3)15(21)19-10-8-18(9-11-19)14(20)5-4-13-6-7-17-12-13;/h13,17H,4-12H2,1-3H3;1H. The number of nitrogens with zero attached hydrogens (tertiary/aromatic N) is 2. The molecule has 0 radical (unpaired) electrons. The van der Waals surface area contributed by atoms with Gasteiger partial charge in [0.05, 0.1) is 0 Å². The smallest absolute Gasteiger partial charge is 0.228 e. The lowest BCUT2D eigenvalue weighted by Gasteiger charge is -2.37. The highest BCUT2D eigenvalue weighted by Crippen LogP contribution is 2.19. The van der Waals surface area contributed by atoms with Gasteiger partial charge in [-0.1, -0.05) is 20.8 Å². The van der Waals surface area contributed by atoms with Crippen molar-refractivity contribution in [2.75, 3.05) is 39.3 Å². The second-order valence-electron chi connectivity index (χ2n) is 7.32. The van der Waals surface area contributed by atoms with E-state index in [1.54, 1.807) is 0 Å². The van der Waals surface area contributed by atoms with Crippen molar-refractivity contribution in [2.45, 2.75) is 40.0 Å². The number of rotatable bonds is 3. The predicted molar refractivity (Wildman–Crippen MR) is 90.1 cm³/mol. The third kappa shape index (κ3) is 5.13. The van der Waals surface area contributed by atoms with Crippen molar-refractivity contribution in [1.29, 1.82) is 0 Å². The number of hydrogen-bond acceptors (Lipinski definition) is 3. The van der Waals surface area contributed by atoms with Gasteiger partial charge in [-0.3, -0.25) is 9.59 Å². The van der Waals surface area contributed by atoms with Gasteiger partial charge < -0.3 is 15.1 Å². The van der Waals surface area contributed by atoms with E-state index in [1.165, 1.54) is 6.42 Å². The van der Waals surface area contributed by atoms with E-state index < -0.39 is 0 Å². The molecule has 22 heavy (non-hydrogen) atoms. The molecule has 5 nitrogen and oxygen atoms in total. The lowest BCUT2D eigenvalue weighted by molar-refractivity contribution is -0.145. The highest BCUT2D eigenvalue weighted by molar-refractivity contribution is 5.85. The third-order valence-electron chi connectivity index (χ3n) is 4.49. The van der Waals surface area contributed by atoms with E-state index in [4.69, 9.17) is 0 Å². The van der Waals surface area contributed by atoms with E-state index in [-0.39, 0.29) is 29.6 Å². The zero-order valence-corrected chi connectivity index (χ0v) is 14.9. The summed E-state index contributed by atoms with van der Waals surface area (Å²) in [7, 11) is 0. The first-order valence-electron chi connectivity index (χ1n) is 8.16. The third-order valence-corrected chi connectivity index (χ3v) is 4.49. The molecule has 1 N–H and O–H groups in total. The Bertz CT molecular complexity index is 381. The quantitative estimate of drug-likeness (QED) is 0.853. The van der Waals surface area contributed by atoms with Gasteiger partial charge in [0.1, 0.15) is 0 Å². The minimum atomic E-state index is -0.332. The van der Waals surface area contributed by atoms with Gasteiger partial charge in [0.25, 0.3) is 0 Å². The maximum absolute atomic E-state index is 12.2. The van der Waals surface area contributed by atoms with Crippen molar-refractivity contribution >= 4 is 24.2 Å². The molecule has 0 bridgehead atoms. The molecule has 6 heteroatoms. The maximum Gasteiger partial charge on any atom is 0.228 e. The Kier molecular flexibility index (Phi) is 7.13. The van der Waals surface area contributed by atoms with Crippen molar-refractivity contribution in [3.05, 3.63) is 0 Å². The first kappa shape index (κ1) is 19.2. The number of carbonyl (C=O) groups is 2. The first-order valence-corrected chi connectivity index (χ1v) is 8.16. The molecule has 128 valence electrons. The molecule has 0 saturated carbocycles. The fourth-order valence-electron chi connectivity index (χ4n) is 3.08. The van der Waals surface area contributed by atoms with Crippen LogP contribution in [0.3, 0.4) is 0 Å². The zero-order chi connectivity index (χ0) is 15.5.